The molecule has 2 atom stereocenters. The summed E-state index contributed by atoms with van der Waals surface area (Å²) >= 11 is 0. The minimum atomic E-state index is -0.413. The fraction of sp³-hybridized carbons (Fsp3) is 0.0588. The van der Waals surface area contributed by atoms with Gasteiger partial charge in [-0.2, -0.15) is 0 Å². The SMILES string of the molecule is NC(NC(NCc1ccccc1)c1cccc2c1oc1c(-c3cccc4c3oc3c(-c5cccc6c5oc5ccccc56)cccc34)cccc12)c1ccccc1. The van der Waals surface area contributed by atoms with Crippen molar-refractivity contribution in [1.29, 1.82) is 0 Å². The van der Waals surface area contributed by atoms with E-state index in [9.17, 15) is 0 Å². The van der Waals surface area contributed by atoms with E-state index in [-0.39, 0.29) is 6.17 Å². The van der Waals surface area contributed by atoms with E-state index >= 15 is 0 Å². The van der Waals surface area contributed by atoms with Gasteiger partial charge in [-0.3, -0.25) is 10.6 Å². The van der Waals surface area contributed by atoms with Crippen molar-refractivity contribution >= 4 is 65.8 Å². The van der Waals surface area contributed by atoms with Gasteiger partial charge in [-0.25, -0.2) is 0 Å². The third kappa shape index (κ3) is 5.61. The number of furan rings is 3. The summed E-state index contributed by atoms with van der Waals surface area (Å²) in [6.07, 6.45) is -0.731. The number of hydrogen-bond acceptors (Lipinski definition) is 6. The molecule has 57 heavy (non-hydrogen) atoms. The van der Waals surface area contributed by atoms with Gasteiger partial charge in [0.15, 0.2) is 0 Å². The molecule has 6 heteroatoms. The first-order valence-electron chi connectivity index (χ1n) is 19.3. The molecule has 0 radical (unpaired) electrons. The van der Waals surface area contributed by atoms with Gasteiger partial charge in [0, 0.05) is 66.7 Å². The molecule has 0 aliphatic heterocycles. The Bertz CT molecular complexity index is 3250. The van der Waals surface area contributed by atoms with Crippen LogP contribution in [0.5, 0.6) is 0 Å². The minimum absolute atomic E-state index is 0.318. The van der Waals surface area contributed by atoms with E-state index in [1.807, 2.05) is 48.5 Å². The van der Waals surface area contributed by atoms with Crippen LogP contribution in [0.25, 0.3) is 88.1 Å². The van der Waals surface area contributed by atoms with Crippen LogP contribution in [-0.2, 0) is 6.54 Å². The van der Waals surface area contributed by atoms with Crippen molar-refractivity contribution in [3.8, 4) is 22.3 Å². The number of para-hydroxylation sites is 6. The largest absolute Gasteiger partial charge is 0.455 e. The van der Waals surface area contributed by atoms with Gasteiger partial charge in [0.05, 0.1) is 12.3 Å². The predicted octanol–water partition coefficient (Wildman–Crippen LogP) is 12.8. The van der Waals surface area contributed by atoms with Crippen LogP contribution in [0.2, 0.25) is 0 Å². The normalized spacial score (nSPS) is 13.1. The van der Waals surface area contributed by atoms with Crippen LogP contribution in [-0.4, -0.2) is 0 Å². The van der Waals surface area contributed by atoms with Gasteiger partial charge in [-0.05, 0) is 17.2 Å². The molecular formula is C51H37N3O3. The van der Waals surface area contributed by atoms with E-state index in [1.54, 1.807) is 0 Å². The zero-order chi connectivity index (χ0) is 37.9. The summed E-state index contributed by atoms with van der Waals surface area (Å²) in [7, 11) is 0. The maximum Gasteiger partial charge on any atom is 0.143 e. The van der Waals surface area contributed by atoms with E-state index in [0.29, 0.717) is 6.54 Å². The number of nitrogens with two attached hydrogens (primary N) is 1. The lowest BCUT2D eigenvalue weighted by atomic mass is 9.98. The Hall–Kier alpha value is -6.96. The first-order valence-corrected chi connectivity index (χ1v) is 19.3. The summed E-state index contributed by atoms with van der Waals surface area (Å²) in [4.78, 5) is 0. The molecule has 0 aliphatic carbocycles. The Morgan fingerprint density at radius 3 is 1.44 bits per heavy atom. The van der Waals surface area contributed by atoms with Crippen molar-refractivity contribution in [2.24, 2.45) is 5.73 Å². The molecule has 0 aliphatic rings. The highest BCUT2D eigenvalue weighted by Gasteiger charge is 2.24. The molecule has 4 N–H and O–H groups in total. The molecule has 3 aromatic heterocycles. The van der Waals surface area contributed by atoms with Gasteiger partial charge in [0.2, 0.25) is 0 Å². The standard InChI is InChI=1S/C51H37N3O3/c52-50(32-16-5-2-6-17-32)54-51(53-30-31-14-3-1-4-15-31)43-28-13-27-42-41-26-12-25-40(48(41)57-49(42)43)39-24-11-23-38-37-22-10-21-36(46(37)56-47(38)39)35-20-9-19-34-33-18-7-8-29-44(33)55-45(34)35/h1-29,50-51,53-54H,30,52H2. The predicted molar refractivity (Wildman–Crippen MR) is 232 cm³/mol. The molecule has 8 aromatic carbocycles. The zero-order valence-corrected chi connectivity index (χ0v) is 30.9. The smallest absolute Gasteiger partial charge is 0.143 e. The Balaban J connectivity index is 1.05. The molecular weight excluding hydrogens is 703 g/mol. The van der Waals surface area contributed by atoms with Crippen LogP contribution in [0.1, 0.15) is 29.0 Å². The van der Waals surface area contributed by atoms with E-state index in [1.165, 1.54) is 5.56 Å². The van der Waals surface area contributed by atoms with E-state index in [4.69, 9.17) is 19.0 Å². The average molecular weight is 740 g/mol. The Labute approximate surface area is 328 Å². The van der Waals surface area contributed by atoms with Crippen molar-refractivity contribution < 1.29 is 13.3 Å². The zero-order valence-electron chi connectivity index (χ0n) is 30.9. The average Bonchev–Trinajstić information content (AvgIpc) is 3.97. The molecule has 0 amide bonds. The number of rotatable bonds is 9. The van der Waals surface area contributed by atoms with Crippen molar-refractivity contribution in [3.63, 3.8) is 0 Å². The molecule has 0 saturated carbocycles. The van der Waals surface area contributed by atoms with Crippen molar-refractivity contribution in [2.45, 2.75) is 18.9 Å². The van der Waals surface area contributed by atoms with Gasteiger partial charge in [0.1, 0.15) is 33.5 Å². The number of nitrogens with one attached hydrogen (secondary N) is 2. The lowest BCUT2D eigenvalue weighted by molar-refractivity contribution is 0.385. The van der Waals surface area contributed by atoms with Gasteiger partial charge in [-0.1, -0.05) is 170 Å². The summed E-state index contributed by atoms with van der Waals surface area (Å²) in [5, 5.41) is 13.7. The van der Waals surface area contributed by atoms with E-state index in [2.05, 4.69) is 138 Å². The molecule has 0 fully saturated rings. The summed E-state index contributed by atoms with van der Waals surface area (Å²) in [5.74, 6) is 0. The molecule has 11 aromatic rings. The second-order valence-electron chi connectivity index (χ2n) is 14.6. The Morgan fingerprint density at radius 2 is 0.842 bits per heavy atom. The minimum Gasteiger partial charge on any atom is -0.455 e. The van der Waals surface area contributed by atoms with Crippen molar-refractivity contribution in [1.82, 2.24) is 10.6 Å². The molecule has 0 saturated heterocycles. The monoisotopic (exact) mass is 739 g/mol. The summed E-state index contributed by atoms with van der Waals surface area (Å²) in [5.41, 5.74) is 18.8. The van der Waals surface area contributed by atoms with Crippen LogP contribution in [0.4, 0.5) is 0 Å². The van der Waals surface area contributed by atoms with Gasteiger partial charge in [-0.15, -0.1) is 0 Å². The Morgan fingerprint density at radius 1 is 0.404 bits per heavy atom. The van der Waals surface area contributed by atoms with Crippen molar-refractivity contribution in [2.75, 3.05) is 0 Å². The van der Waals surface area contributed by atoms with Crippen LogP contribution in [0.15, 0.2) is 189 Å². The van der Waals surface area contributed by atoms with Crippen LogP contribution >= 0.6 is 0 Å². The third-order valence-corrected chi connectivity index (χ3v) is 11.2. The van der Waals surface area contributed by atoms with E-state index < -0.39 is 6.17 Å². The summed E-state index contributed by atoms with van der Waals surface area (Å²) in [6.45, 7) is 0.642. The molecule has 274 valence electrons. The lowest BCUT2D eigenvalue weighted by Crippen LogP contribution is -2.39. The lowest BCUT2D eigenvalue weighted by Gasteiger charge is -2.25. The molecule has 0 spiro atoms. The molecule has 3 heterocycles. The van der Waals surface area contributed by atoms with Gasteiger partial charge < -0.3 is 19.0 Å². The number of hydrogen-bond donors (Lipinski definition) is 3. The third-order valence-electron chi connectivity index (χ3n) is 11.2. The second-order valence-corrected chi connectivity index (χ2v) is 14.6. The first kappa shape index (κ1) is 33.4. The fourth-order valence-electron chi connectivity index (χ4n) is 8.50. The maximum absolute atomic E-state index is 7.01. The highest BCUT2D eigenvalue weighted by molar-refractivity contribution is 6.18. The summed E-state index contributed by atoms with van der Waals surface area (Å²) in [6, 6.07) is 60.4. The molecule has 11 rings (SSSR count). The highest BCUT2D eigenvalue weighted by Crippen LogP contribution is 2.45. The maximum atomic E-state index is 7.01. The van der Waals surface area contributed by atoms with Gasteiger partial charge in [0.25, 0.3) is 0 Å². The first-order chi connectivity index (χ1) is 28.2. The molecule has 0 bridgehead atoms. The van der Waals surface area contributed by atoms with Crippen LogP contribution in [0.3, 0.4) is 0 Å². The molecule has 2 unspecified atom stereocenters. The topological polar surface area (TPSA) is 89.5 Å². The van der Waals surface area contributed by atoms with Crippen LogP contribution < -0.4 is 16.4 Å². The number of fused-ring (bicyclic) bond motifs is 9. The van der Waals surface area contributed by atoms with E-state index in [0.717, 1.165) is 99.2 Å². The quantitative estimate of drug-likeness (QED) is 0.128. The van der Waals surface area contributed by atoms with Crippen LogP contribution in [0, 0.1) is 0 Å². The number of benzene rings is 8. The Kier molecular flexibility index (Phi) is 8.00. The molecule has 6 nitrogen and oxygen atoms in total. The fourth-order valence-corrected chi connectivity index (χ4v) is 8.50. The second kappa shape index (κ2) is 13.7. The van der Waals surface area contributed by atoms with Gasteiger partial charge >= 0.3 is 0 Å². The highest BCUT2D eigenvalue weighted by atomic mass is 16.3. The van der Waals surface area contributed by atoms with Crippen molar-refractivity contribution in [3.05, 3.63) is 193 Å². The summed E-state index contributed by atoms with van der Waals surface area (Å²) < 4.78 is 20.5.